The summed E-state index contributed by atoms with van der Waals surface area (Å²) in [6, 6.07) is 14.0. The predicted octanol–water partition coefficient (Wildman–Crippen LogP) is 3.39. The molecule has 0 saturated carbocycles. The molecule has 1 aliphatic rings. The number of carbonyl (C=O) groups is 1. The van der Waals surface area contributed by atoms with Gasteiger partial charge in [0.15, 0.2) is 5.60 Å². The van der Waals surface area contributed by atoms with Crippen LogP contribution in [0.25, 0.3) is 10.8 Å². The number of hydrogen-bond acceptors (Lipinski definition) is 3. The number of hydrogen-bond donors (Lipinski definition) is 0. The lowest BCUT2D eigenvalue weighted by Crippen LogP contribution is -2.25. The molecular weight excluding hydrogens is 228 g/mol. The van der Waals surface area contributed by atoms with Gasteiger partial charge in [-0.1, -0.05) is 43.0 Å². The second kappa shape index (κ2) is 3.88. The molecule has 1 aliphatic heterocycles. The van der Waals surface area contributed by atoms with E-state index in [1.165, 1.54) is 0 Å². The lowest BCUT2D eigenvalue weighted by Gasteiger charge is -2.21. The Balaban J connectivity index is 2.13. The Bertz CT molecular complexity index is 632. The Labute approximate surface area is 105 Å². The molecule has 90 valence electrons. The third kappa shape index (κ3) is 1.56. The molecule has 18 heavy (non-hydrogen) atoms. The molecule has 2 aromatic carbocycles. The van der Waals surface area contributed by atoms with Crippen LogP contribution in [-0.4, -0.2) is 12.8 Å². The SMILES string of the molecule is C=CC1(c2ccc3ccccc3c2)COC(=O)O1. The van der Waals surface area contributed by atoms with E-state index in [1.54, 1.807) is 6.08 Å². The highest BCUT2D eigenvalue weighted by Crippen LogP contribution is 2.34. The maximum atomic E-state index is 11.2. The van der Waals surface area contributed by atoms with Crippen molar-refractivity contribution in [2.24, 2.45) is 0 Å². The van der Waals surface area contributed by atoms with Crippen LogP contribution >= 0.6 is 0 Å². The zero-order valence-electron chi connectivity index (χ0n) is 9.76. The lowest BCUT2D eigenvalue weighted by atomic mass is 9.93. The molecule has 0 radical (unpaired) electrons. The Morgan fingerprint density at radius 1 is 1.17 bits per heavy atom. The van der Waals surface area contributed by atoms with E-state index in [4.69, 9.17) is 9.47 Å². The summed E-state index contributed by atoms with van der Waals surface area (Å²) in [5, 5.41) is 2.24. The van der Waals surface area contributed by atoms with Crippen molar-refractivity contribution in [1.82, 2.24) is 0 Å². The first kappa shape index (κ1) is 10.8. The zero-order chi connectivity index (χ0) is 12.6. The van der Waals surface area contributed by atoms with Crippen LogP contribution in [0.4, 0.5) is 4.79 Å². The average molecular weight is 240 g/mol. The number of fused-ring (bicyclic) bond motifs is 1. The molecule has 0 N–H and O–H groups in total. The highest BCUT2D eigenvalue weighted by Gasteiger charge is 2.41. The van der Waals surface area contributed by atoms with Gasteiger partial charge in [0, 0.05) is 5.56 Å². The molecule has 0 bridgehead atoms. The van der Waals surface area contributed by atoms with E-state index >= 15 is 0 Å². The summed E-state index contributed by atoms with van der Waals surface area (Å²) in [4.78, 5) is 11.2. The molecule has 1 unspecified atom stereocenters. The van der Waals surface area contributed by atoms with Crippen LogP contribution in [0, 0.1) is 0 Å². The summed E-state index contributed by atoms with van der Waals surface area (Å²) >= 11 is 0. The lowest BCUT2D eigenvalue weighted by molar-refractivity contribution is 0.0888. The second-order valence-corrected chi connectivity index (χ2v) is 4.30. The van der Waals surface area contributed by atoms with Gasteiger partial charge in [0.25, 0.3) is 0 Å². The number of rotatable bonds is 2. The third-order valence-corrected chi connectivity index (χ3v) is 3.24. The Hall–Kier alpha value is -2.29. The maximum Gasteiger partial charge on any atom is 0.509 e. The first-order chi connectivity index (χ1) is 8.73. The Kier molecular flexibility index (Phi) is 2.33. The topological polar surface area (TPSA) is 35.5 Å². The summed E-state index contributed by atoms with van der Waals surface area (Å²) in [6.07, 6.45) is 0.963. The van der Waals surface area contributed by atoms with Gasteiger partial charge in [-0.3, -0.25) is 0 Å². The maximum absolute atomic E-state index is 11.2. The van der Waals surface area contributed by atoms with E-state index in [-0.39, 0.29) is 6.61 Å². The predicted molar refractivity (Wildman–Crippen MR) is 68.3 cm³/mol. The van der Waals surface area contributed by atoms with Crippen molar-refractivity contribution in [3.05, 3.63) is 60.7 Å². The van der Waals surface area contributed by atoms with Crippen LogP contribution in [-0.2, 0) is 15.1 Å². The average Bonchev–Trinajstić information content (AvgIpc) is 2.81. The van der Waals surface area contributed by atoms with E-state index in [1.807, 2.05) is 42.5 Å². The molecule has 0 aliphatic carbocycles. The fourth-order valence-corrected chi connectivity index (χ4v) is 2.19. The highest BCUT2D eigenvalue weighted by atomic mass is 16.8. The zero-order valence-corrected chi connectivity index (χ0v) is 9.76. The summed E-state index contributed by atoms with van der Waals surface area (Å²) in [5.41, 5.74) is 0.0169. The number of benzene rings is 2. The smallest absolute Gasteiger partial charge is 0.429 e. The van der Waals surface area contributed by atoms with Crippen LogP contribution in [0.5, 0.6) is 0 Å². The summed E-state index contributed by atoms with van der Waals surface area (Å²) < 4.78 is 10.1. The number of carbonyl (C=O) groups excluding carboxylic acids is 1. The molecule has 2 aromatic rings. The fraction of sp³-hybridized carbons (Fsp3) is 0.133. The van der Waals surface area contributed by atoms with E-state index in [0.717, 1.165) is 16.3 Å². The number of cyclic esters (lactones) is 2. The molecule has 1 fully saturated rings. The molecule has 1 heterocycles. The molecule has 0 amide bonds. The highest BCUT2D eigenvalue weighted by molar-refractivity contribution is 5.83. The Morgan fingerprint density at radius 3 is 2.61 bits per heavy atom. The van der Waals surface area contributed by atoms with E-state index in [0.29, 0.717) is 0 Å². The van der Waals surface area contributed by atoms with Crippen LogP contribution in [0.3, 0.4) is 0 Å². The summed E-state index contributed by atoms with van der Waals surface area (Å²) in [7, 11) is 0. The van der Waals surface area contributed by atoms with Crippen molar-refractivity contribution < 1.29 is 14.3 Å². The quantitative estimate of drug-likeness (QED) is 0.596. The van der Waals surface area contributed by atoms with Crippen molar-refractivity contribution in [2.45, 2.75) is 5.60 Å². The summed E-state index contributed by atoms with van der Waals surface area (Å²) in [5.74, 6) is 0. The molecule has 0 spiro atoms. The van der Waals surface area contributed by atoms with Gasteiger partial charge in [-0.2, -0.15) is 0 Å². The van der Waals surface area contributed by atoms with Crippen molar-refractivity contribution in [1.29, 1.82) is 0 Å². The van der Waals surface area contributed by atoms with Crippen LogP contribution < -0.4 is 0 Å². The molecule has 1 saturated heterocycles. The Morgan fingerprint density at radius 2 is 1.94 bits per heavy atom. The molecule has 3 rings (SSSR count). The minimum atomic E-state index is -0.860. The first-order valence-corrected chi connectivity index (χ1v) is 5.72. The normalized spacial score (nSPS) is 22.6. The van der Waals surface area contributed by atoms with Gasteiger partial charge < -0.3 is 9.47 Å². The van der Waals surface area contributed by atoms with E-state index in [2.05, 4.69) is 6.58 Å². The van der Waals surface area contributed by atoms with E-state index in [9.17, 15) is 4.79 Å². The first-order valence-electron chi connectivity index (χ1n) is 5.72. The standard InChI is InChI=1S/C15H12O3/c1-2-15(10-17-14(16)18-15)13-8-7-11-5-3-4-6-12(11)9-13/h2-9H,1,10H2. The number of ether oxygens (including phenoxy) is 2. The molecule has 3 heteroatoms. The third-order valence-electron chi connectivity index (χ3n) is 3.24. The largest absolute Gasteiger partial charge is 0.509 e. The van der Waals surface area contributed by atoms with Crippen molar-refractivity contribution in [3.63, 3.8) is 0 Å². The monoisotopic (exact) mass is 240 g/mol. The summed E-state index contributed by atoms with van der Waals surface area (Å²) in [6.45, 7) is 3.92. The second-order valence-electron chi connectivity index (χ2n) is 4.30. The minimum absolute atomic E-state index is 0.174. The fourth-order valence-electron chi connectivity index (χ4n) is 2.19. The van der Waals surface area contributed by atoms with Gasteiger partial charge in [0.2, 0.25) is 0 Å². The van der Waals surface area contributed by atoms with Gasteiger partial charge in [-0.15, -0.1) is 0 Å². The van der Waals surface area contributed by atoms with Crippen molar-refractivity contribution in [2.75, 3.05) is 6.61 Å². The van der Waals surface area contributed by atoms with Gasteiger partial charge in [-0.25, -0.2) is 4.79 Å². The van der Waals surface area contributed by atoms with Crippen molar-refractivity contribution in [3.8, 4) is 0 Å². The van der Waals surface area contributed by atoms with Crippen LogP contribution in [0.15, 0.2) is 55.1 Å². The van der Waals surface area contributed by atoms with Crippen molar-refractivity contribution >= 4 is 16.9 Å². The van der Waals surface area contributed by atoms with Crippen LogP contribution in [0.1, 0.15) is 5.56 Å². The molecule has 3 nitrogen and oxygen atoms in total. The molecular formula is C15H12O3. The van der Waals surface area contributed by atoms with Gasteiger partial charge >= 0.3 is 6.16 Å². The van der Waals surface area contributed by atoms with Crippen LogP contribution in [0.2, 0.25) is 0 Å². The van der Waals surface area contributed by atoms with Gasteiger partial charge in [0.1, 0.15) is 6.61 Å². The molecule has 0 aromatic heterocycles. The molecule has 1 atom stereocenters. The van der Waals surface area contributed by atoms with Gasteiger partial charge in [0.05, 0.1) is 0 Å². The minimum Gasteiger partial charge on any atom is -0.429 e. The van der Waals surface area contributed by atoms with E-state index < -0.39 is 11.8 Å². The van der Waals surface area contributed by atoms with Gasteiger partial charge in [-0.05, 0) is 22.9 Å².